The lowest BCUT2D eigenvalue weighted by Gasteiger charge is -2.34. The molecular formula is C29H38N4O4. The van der Waals surface area contributed by atoms with Crippen LogP contribution >= 0.6 is 0 Å². The van der Waals surface area contributed by atoms with Gasteiger partial charge in [0.25, 0.3) is 0 Å². The molecule has 0 spiro atoms. The number of ether oxygens (including phenoxy) is 1. The molecule has 2 N–H and O–H groups in total. The molecule has 2 rings (SSSR count). The first kappa shape index (κ1) is 29.4. The van der Waals surface area contributed by atoms with Crippen molar-refractivity contribution in [1.82, 2.24) is 15.5 Å². The number of carbonyl (C=O) groups is 3. The highest BCUT2D eigenvalue weighted by atomic mass is 16.6. The smallest absolute Gasteiger partial charge is 0.408 e. The van der Waals surface area contributed by atoms with Crippen molar-refractivity contribution in [3.05, 3.63) is 71.3 Å². The van der Waals surface area contributed by atoms with Crippen LogP contribution in [0.25, 0.3) is 0 Å². The number of amides is 3. The quantitative estimate of drug-likeness (QED) is 0.461. The highest BCUT2D eigenvalue weighted by Crippen LogP contribution is 2.24. The highest BCUT2D eigenvalue weighted by Gasteiger charge is 2.37. The molecule has 8 heteroatoms. The van der Waals surface area contributed by atoms with Crippen LogP contribution in [0.15, 0.2) is 54.6 Å². The van der Waals surface area contributed by atoms with Crippen LogP contribution in [0.3, 0.4) is 0 Å². The number of benzene rings is 2. The van der Waals surface area contributed by atoms with Gasteiger partial charge in [-0.1, -0.05) is 75.4 Å². The van der Waals surface area contributed by atoms with Gasteiger partial charge in [-0.3, -0.25) is 9.59 Å². The number of hydrogen-bond acceptors (Lipinski definition) is 5. The molecule has 3 amide bonds. The second-order valence-electron chi connectivity index (χ2n) is 10.2. The van der Waals surface area contributed by atoms with Crippen molar-refractivity contribution in [2.45, 2.75) is 72.2 Å². The van der Waals surface area contributed by atoms with Crippen molar-refractivity contribution >= 4 is 17.9 Å². The lowest BCUT2D eigenvalue weighted by Crippen LogP contribution is -2.55. The summed E-state index contributed by atoms with van der Waals surface area (Å²) in [6.45, 7) is 10.7. The molecule has 0 aromatic heterocycles. The summed E-state index contributed by atoms with van der Waals surface area (Å²) in [5.41, 5.74) is 1.81. The minimum Gasteiger partial charge on any atom is -0.444 e. The number of alkyl carbamates (subject to hydrolysis) is 1. The molecule has 0 aliphatic carbocycles. The van der Waals surface area contributed by atoms with Crippen LogP contribution in [-0.4, -0.2) is 41.0 Å². The Hall–Kier alpha value is -3.86. The van der Waals surface area contributed by atoms with E-state index in [9.17, 15) is 19.6 Å². The molecule has 198 valence electrons. The summed E-state index contributed by atoms with van der Waals surface area (Å²) in [7, 11) is 0. The first-order valence-corrected chi connectivity index (χ1v) is 12.5. The Balaban J connectivity index is 2.42. The first-order valence-electron chi connectivity index (χ1n) is 12.5. The van der Waals surface area contributed by atoms with Gasteiger partial charge in [0.05, 0.1) is 6.07 Å². The second-order valence-corrected chi connectivity index (χ2v) is 10.2. The van der Waals surface area contributed by atoms with Crippen LogP contribution < -0.4 is 10.6 Å². The molecule has 2 aromatic rings. The monoisotopic (exact) mass is 506 g/mol. The van der Waals surface area contributed by atoms with Crippen LogP contribution in [0.2, 0.25) is 0 Å². The van der Waals surface area contributed by atoms with Crippen LogP contribution in [0.5, 0.6) is 0 Å². The Bertz CT molecular complexity index is 1090. The standard InChI is InChI=1S/C29H38N4O4/c1-7-21-13-15-23(16-14-21)25(26(34)31-19-22-11-9-8-10-12-22)33(18-17-30)27(35)24(20(2)3)32-28(36)37-29(4,5)6/h8-16,20,24-25H,7,18-19H2,1-6H3,(H,31,34)(H,32,36). The molecule has 8 nitrogen and oxygen atoms in total. The van der Waals surface area contributed by atoms with Crippen LogP contribution in [0.4, 0.5) is 4.79 Å². The molecule has 2 aromatic carbocycles. The molecule has 0 saturated carbocycles. The van der Waals surface area contributed by atoms with E-state index in [1.807, 2.05) is 55.5 Å². The van der Waals surface area contributed by atoms with E-state index in [4.69, 9.17) is 4.74 Å². The summed E-state index contributed by atoms with van der Waals surface area (Å²) in [4.78, 5) is 41.1. The zero-order valence-electron chi connectivity index (χ0n) is 22.6. The third kappa shape index (κ3) is 8.94. The summed E-state index contributed by atoms with van der Waals surface area (Å²) < 4.78 is 5.35. The molecule has 0 heterocycles. The first-order chi connectivity index (χ1) is 17.5. The van der Waals surface area contributed by atoms with E-state index >= 15 is 0 Å². The van der Waals surface area contributed by atoms with Gasteiger partial charge >= 0.3 is 6.09 Å². The average molecular weight is 507 g/mol. The number of rotatable bonds is 10. The zero-order valence-corrected chi connectivity index (χ0v) is 22.6. The lowest BCUT2D eigenvalue weighted by molar-refractivity contribution is -0.142. The van der Waals surface area contributed by atoms with E-state index in [1.165, 1.54) is 4.90 Å². The Labute approximate surface area is 220 Å². The number of carbonyl (C=O) groups excluding carboxylic acids is 3. The summed E-state index contributed by atoms with van der Waals surface area (Å²) in [6.07, 6.45) is 0.0788. The number of nitrogens with one attached hydrogen (secondary N) is 2. The van der Waals surface area contributed by atoms with E-state index in [0.717, 1.165) is 17.5 Å². The van der Waals surface area contributed by atoms with Crippen LogP contribution in [-0.2, 0) is 27.3 Å². The normalized spacial score (nSPS) is 12.7. The maximum Gasteiger partial charge on any atom is 0.408 e. The van der Waals surface area contributed by atoms with Crippen molar-refractivity contribution in [2.75, 3.05) is 6.54 Å². The van der Waals surface area contributed by atoms with Gasteiger partial charge in [-0.25, -0.2) is 4.79 Å². The lowest BCUT2D eigenvalue weighted by atomic mass is 9.98. The van der Waals surface area contributed by atoms with Crippen LogP contribution in [0.1, 0.15) is 64.3 Å². The van der Waals surface area contributed by atoms with Crippen molar-refractivity contribution in [3.63, 3.8) is 0 Å². The predicted octanol–water partition coefficient (Wildman–Crippen LogP) is 4.51. The van der Waals surface area contributed by atoms with Gasteiger partial charge in [-0.15, -0.1) is 0 Å². The van der Waals surface area contributed by atoms with Gasteiger partial charge in [0, 0.05) is 6.54 Å². The number of nitriles is 1. The topological polar surface area (TPSA) is 112 Å². The Kier molecular flexibility index (Phi) is 10.7. The Morgan fingerprint density at radius 2 is 1.62 bits per heavy atom. The van der Waals surface area contributed by atoms with Gasteiger partial charge < -0.3 is 20.3 Å². The molecule has 0 bridgehead atoms. The van der Waals surface area contributed by atoms with Crippen LogP contribution in [0, 0.1) is 17.2 Å². The SMILES string of the molecule is CCc1ccc(C(C(=O)NCc2ccccc2)N(CC#N)C(=O)C(NC(=O)OC(C)(C)C)C(C)C)cc1. The van der Waals surface area contributed by atoms with E-state index in [0.29, 0.717) is 5.56 Å². The minimum atomic E-state index is -1.07. The Morgan fingerprint density at radius 3 is 2.14 bits per heavy atom. The molecule has 37 heavy (non-hydrogen) atoms. The summed E-state index contributed by atoms with van der Waals surface area (Å²) in [6, 6.07) is 16.8. The highest BCUT2D eigenvalue weighted by molar-refractivity contribution is 5.92. The van der Waals surface area contributed by atoms with Gasteiger partial charge in [0.15, 0.2) is 0 Å². The summed E-state index contributed by atoms with van der Waals surface area (Å²) >= 11 is 0. The molecule has 0 aliphatic heterocycles. The maximum atomic E-state index is 13.8. The third-order valence-electron chi connectivity index (χ3n) is 5.70. The molecule has 2 atom stereocenters. The number of nitrogens with zero attached hydrogens (tertiary/aromatic N) is 2. The van der Waals surface area contributed by atoms with Crippen molar-refractivity contribution in [3.8, 4) is 6.07 Å². The fourth-order valence-corrected chi connectivity index (χ4v) is 3.79. The van der Waals surface area contributed by atoms with E-state index in [-0.39, 0.29) is 19.0 Å². The predicted molar refractivity (Wildman–Crippen MR) is 142 cm³/mol. The zero-order chi connectivity index (χ0) is 27.6. The molecule has 0 saturated heterocycles. The largest absolute Gasteiger partial charge is 0.444 e. The average Bonchev–Trinajstić information content (AvgIpc) is 2.85. The van der Waals surface area contributed by atoms with Crippen molar-refractivity contribution in [1.29, 1.82) is 5.26 Å². The summed E-state index contributed by atoms with van der Waals surface area (Å²) in [5.74, 6) is -1.28. The van der Waals surface area contributed by atoms with Gasteiger partial charge in [0.2, 0.25) is 11.8 Å². The molecular weight excluding hydrogens is 468 g/mol. The molecule has 2 unspecified atom stereocenters. The Morgan fingerprint density at radius 1 is 1.00 bits per heavy atom. The van der Waals surface area contributed by atoms with E-state index < -0.39 is 35.6 Å². The summed E-state index contributed by atoms with van der Waals surface area (Å²) in [5, 5.41) is 15.2. The van der Waals surface area contributed by atoms with Gasteiger partial charge in [-0.2, -0.15) is 5.26 Å². The maximum absolute atomic E-state index is 13.8. The minimum absolute atomic E-state index is 0.265. The molecule has 0 fully saturated rings. The third-order valence-corrected chi connectivity index (χ3v) is 5.70. The molecule has 0 aliphatic rings. The van der Waals surface area contributed by atoms with Crippen molar-refractivity contribution in [2.24, 2.45) is 5.92 Å². The fourth-order valence-electron chi connectivity index (χ4n) is 3.79. The van der Waals surface area contributed by atoms with Gasteiger partial charge in [0.1, 0.15) is 24.2 Å². The fraction of sp³-hybridized carbons (Fsp3) is 0.448. The second kappa shape index (κ2) is 13.4. The van der Waals surface area contributed by atoms with E-state index in [2.05, 4.69) is 10.6 Å². The number of hydrogen-bond donors (Lipinski definition) is 2. The van der Waals surface area contributed by atoms with E-state index in [1.54, 1.807) is 46.8 Å². The van der Waals surface area contributed by atoms with Crippen molar-refractivity contribution < 1.29 is 19.1 Å². The van der Waals surface area contributed by atoms with Gasteiger partial charge in [-0.05, 0) is 49.8 Å². The molecule has 0 radical (unpaired) electrons. The number of aryl methyl sites for hydroxylation is 1.